The molecule has 4 rings (SSSR count). The Kier molecular flexibility index (Phi) is 5.16. The van der Waals surface area contributed by atoms with Crippen molar-refractivity contribution < 1.29 is 4.79 Å². The van der Waals surface area contributed by atoms with Gasteiger partial charge in [0.2, 0.25) is 0 Å². The van der Waals surface area contributed by atoms with Gasteiger partial charge in [0.1, 0.15) is 12.1 Å². The minimum absolute atomic E-state index is 0.0630. The molecule has 1 N–H and O–H groups in total. The summed E-state index contributed by atoms with van der Waals surface area (Å²) >= 11 is 0. The van der Waals surface area contributed by atoms with Crippen LogP contribution in [0.1, 0.15) is 16.8 Å². The van der Waals surface area contributed by atoms with Crippen molar-refractivity contribution in [3.05, 3.63) is 59.7 Å². The number of aryl methyl sites for hydroxylation is 3. The third-order valence-corrected chi connectivity index (χ3v) is 5.11. The van der Waals surface area contributed by atoms with E-state index in [1.54, 1.807) is 11.0 Å². The number of piperazine rings is 1. The molecule has 1 saturated heterocycles. The van der Waals surface area contributed by atoms with Crippen LogP contribution >= 0.6 is 0 Å². The van der Waals surface area contributed by atoms with Gasteiger partial charge in [-0.2, -0.15) is 5.10 Å². The number of anilines is 2. The third-order valence-electron chi connectivity index (χ3n) is 5.11. The number of benzene rings is 1. The lowest BCUT2D eigenvalue weighted by Gasteiger charge is -2.35. The number of hydrogen-bond donors (Lipinski definition) is 1. The van der Waals surface area contributed by atoms with E-state index in [1.807, 2.05) is 56.1 Å². The van der Waals surface area contributed by atoms with Crippen LogP contribution in [0.15, 0.2) is 42.9 Å². The fraction of sp³-hybridized carbons (Fsp3) is 0.333. The molecule has 0 aliphatic carbocycles. The second-order valence-corrected chi connectivity index (χ2v) is 7.36. The van der Waals surface area contributed by atoms with Gasteiger partial charge in [-0.25, -0.2) is 19.4 Å². The summed E-state index contributed by atoms with van der Waals surface area (Å²) in [6, 6.07) is 9.84. The van der Waals surface area contributed by atoms with Crippen LogP contribution in [0.5, 0.6) is 0 Å². The maximum atomic E-state index is 12.6. The minimum atomic E-state index is -0.0630. The molecular weight excluding hydrogens is 366 g/mol. The fourth-order valence-electron chi connectivity index (χ4n) is 3.46. The minimum Gasteiger partial charge on any atom is -0.353 e. The maximum absolute atomic E-state index is 12.6. The molecule has 150 valence electrons. The molecule has 0 atom stereocenters. The Morgan fingerprint density at radius 3 is 2.41 bits per heavy atom. The highest BCUT2D eigenvalue weighted by molar-refractivity contribution is 5.90. The summed E-state index contributed by atoms with van der Waals surface area (Å²) in [4.78, 5) is 25.4. The number of rotatable bonds is 3. The average molecular weight is 391 g/mol. The number of amides is 2. The van der Waals surface area contributed by atoms with Crippen molar-refractivity contribution in [1.82, 2.24) is 24.6 Å². The second-order valence-electron chi connectivity index (χ2n) is 7.36. The number of carbonyl (C=O) groups excluding carboxylic acids is 1. The highest BCUT2D eigenvalue weighted by atomic mass is 16.2. The van der Waals surface area contributed by atoms with Crippen LogP contribution in [0, 0.1) is 20.8 Å². The Morgan fingerprint density at radius 2 is 1.72 bits per heavy atom. The van der Waals surface area contributed by atoms with E-state index in [4.69, 9.17) is 0 Å². The van der Waals surface area contributed by atoms with Crippen LogP contribution in [-0.4, -0.2) is 56.9 Å². The Morgan fingerprint density at radius 1 is 0.966 bits per heavy atom. The zero-order valence-electron chi connectivity index (χ0n) is 17.0. The highest BCUT2D eigenvalue weighted by Crippen LogP contribution is 2.19. The van der Waals surface area contributed by atoms with Gasteiger partial charge in [-0.1, -0.05) is 17.7 Å². The lowest BCUT2D eigenvalue weighted by molar-refractivity contribution is 0.208. The van der Waals surface area contributed by atoms with Gasteiger partial charge in [0.15, 0.2) is 5.82 Å². The highest BCUT2D eigenvalue weighted by Gasteiger charge is 2.22. The summed E-state index contributed by atoms with van der Waals surface area (Å²) in [5.41, 5.74) is 4.05. The first-order valence-corrected chi connectivity index (χ1v) is 9.72. The zero-order chi connectivity index (χ0) is 20.4. The van der Waals surface area contributed by atoms with Crippen LogP contribution < -0.4 is 10.2 Å². The molecule has 8 heteroatoms. The number of nitrogens with one attached hydrogen (secondary N) is 1. The fourth-order valence-corrected chi connectivity index (χ4v) is 3.46. The molecule has 8 nitrogen and oxygen atoms in total. The molecule has 1 aromatic carbocycles. The standard InChI is InChI=1S/C21H25N7O/c1-15-4-5-18(16(2)12-15)24-21(29)27-10-8-26(9-11-27)19-13-20(23-14-22-19)28-7-6-17(3)25-28/h4-7,12-14H,8-11H2,1-3H3,(H,24,29). The van der Waals surface area contributed by atoms with Gasteiger partial charge in [-0.15, -0.1) is 0 Å². The number of hydrogen-bond acceptors (Lipinski definition) is 5. The van der Waals surface area contributed by atoms with E-state index in [0.717, 1.165) is 41.7 Å². The van der Waals surface area contributed by atoms with Crippen molar-refractivity contribution in [2.75, 3.05) is 36.4 Å². The second kappa shape index (κ2) is 7.90. The van der Waals surface area contributed by atoms with Crippen LogP contribution in [0.4, 0.5) is 16.3 Å². The molecule has 1 fully saturated rings. The van der Waals surface area contributed by atoms with Crippen LogP contribution in [0.2, 0.25) is 0 Å². The summed E-state index contributed by atoms with van der Waals surface area (Å²) in [6.07, 6.45) is 3.44. The van der Waals surface area contributed by atoms with Crippen molar-refractivity contribution in [2.24, 2.45) is 0 Å². The van der Waals surface area contributed by atoms with Gasteiger partial charge >= 0.3 is 6.03 Å². The summed E-state index contributed by atoms with van der Waals surface area (Å²) in [7, 11) is 0. The van der Waals surface area contributed by atoms with Crippen molar-refractivity contribution in [1.29, 1.82) is 0 Å². The van der Waals surface area contributed by atoms with E-state index in [0.29, 0.717) is 13.1 Å². The van der Waals surface area contributed by atoms with Crippen molar-refractivity contribution in [3.63, 3.8) is 0 Å². The maximum Gasteiger partial charge on any atom is 0.321 e. The molecule has 0 saturated carbocycles. The van der Waals surface area contributed by atoms with Gasteiger partial charge in [0, 0.05) is 44.1 Å². The lowest BCUT2D eigenvalue weighted by Crippen LogP contribution is -2.50. The molecule has 0 bridgehead atoms. The molecule has 1 aliphatic rings. The van der Waals surface area contributed by atoms with E-state index in [9.17, 15) is 4.79 Å². The normalized spacial score (nSPS) is 14.2. The van der Waals surface area contributed by atoms with Gasteiger partial charge in [0.25, 0.3) is 0 Å². The van der Waals surface area contributed by atoms with E-state index in [-0.39, 0.29) is 6.03 Å². The molecule has 29 heavy (non-hydrogen) atoms. The molecule has 3 heterocycles. The monoisotopic (exact) mass is 391 g/mol. The lowest BCUT2D eigenvalue weighted by atomic mass is 10.1. The Bertz CT molecular complexity index is 1020. The summed E-state index contributed by atoms with van der Waals surface area (Å²) in [6.45, 7) is 8.71. The first-order chi connectivity index (χ1) is 14.0. The van der Waals surface area contributed by atoms with E-state index < -0.39 is 0 Å². The van der Waals surface area contributed by atoms with E-state index >= 15 is 0 Å². The predicted molar refractivity (Wildman–Crippen MR) is 113 cm³/mol. The first kappa shape index (κ1) is 18.9. The summed E-state index contributed by atoms with van der Waals surface area (Å²) < 4.78 is 1.74. The summed E-state index contributed by atoms with van der Waals surface area (Å²) in [5, 5.41) is 7.43. The van der Waals surface area contributed by atoms with Gasteiger partial charge < -0.3 is 15.1 Å². The predicted octanol–water partition coefficient (Wildman–Crippen LogP) is 2.94. The molecule has 0 radical (unpaired) electrons. The van der Waals surface area contributed by atoms with Crippen LogP contribution in [-0.2, 0) is 0 Å². The quantitative estimate of drug-likeness (QED) is 0.743. The molecule has 0 unspecified atom stereocenters. The van der Waals surface area contributed by atoms with Gasteiger partial charge in [-0.05, 0) is 38.5 Å². The number of nitrogens with zero attached hydrogens (tertiary/aromatic N) is 6. The molecule has 3 aromatic rings. The number of aromatic nitrogens is 4. The van der Waals surface area contributed by atoms with Crippen molar-refractivity contribution in [3.8, 4) is 5.82 Å². The van der Waals surface area contributed by atoms with Crippen LogP contribution in [0.3, 0.4) is 0 Å². The first-order valence-electron chi connectivity index (χ1n) is 9.72. The molecule has 0 spiro atoms. The summed E-state index contributed by atoms with van der Waals surface area (Å²) in [5.74, 6) is 1.58. The SMILES string of the molecule is Cc1ccc(NC(=O)N2CCN(c3cc(-n4ccc(C)n4)ncn3)CC2)c(C)c1. The van der Waals surface area contributed by atoms with Crippen molar-refractivity contribution >= 4 is 17.5 Å². The zero-order valence-corrected chi connectivity index (χ0v) is 17.0. The molecule has 2 amide bonds. The van der Waals surface area contributed by atoms with Crippen molar-refractivity contribution in [2.45, 2.75) is 20.8 Å². The van der Waals surface area contributed by atoms with Gasteiger partial charge in [0.05, 0.1) is 5.69 Å². The Balaban J connectivity index is 1.38. The topological polar surface area (TPSA) is 79.2 Å². The average Bonchev–Trinajstić information content (AvgIpc) is 3.17. The van der Waals surface area contributed by atoms with E-state index in [1.165, 1.54) is 5.56 Å². The van der Waals surface area contributed by atoms with Crippen LogP contribution in [0.25, 0.3) is 5.82 Å². The Labute approximate surface area is 170 Å². The third kappa shape index (κ3) is 4.21. The molecular formula is C21H25N7O. The smallest absolute Gasteiger partial charge is 0.321 e. The largest absolute Gasteiger partial charge is 0.353 e. The van der Waals surface area contributed by atoms with E-state index in [2.05, 4.69) is 31.3 Å². The molecule has 1 aliphatic heterocycles. The van der Waals surface area contributed by atoms with Gasteiger partial charge in [-0.3, -0.25) is 0 Å². The Hall–Kier alpha value is -3.42. The molecule has 2 aromatic heterocycles. The number of carbonyl (C=O) groups is 1. The number of urea groups is 1.